The summed E-state index contributed by atoms with van der Waals surface area (Å²) in [4.78, 5) is 67.1. The Bertz CT molecular complexity index is 1210. The molecule has 2 fully saturated rings. The molecule has 3 aliphatic carbocycles. The van der Waals surface area contributed by atoms with Crippen molar-refractivity contribution >= 4 is 28.9 Å². The molecule has 0 radical (unpaired) electrons. The standard InChI is InChI=1S/C27H29NO7/c1-3-14-8-16(12-28-6-4-5-7-28)23(31)22-18(14)10-15-9-17-11-19(30)20(13(2)29)25(33)27(17,35)26(34)21(15)24(22)32/h4-5,8,15,17,20-21,31,35H,3,6-7,9-12H2,1-2H3/t15-,17+,20?,21?,27-/m1/s1. The van der Waals surface area contributed by atoms with Crippen LogP contribution in [0.2, 0.25) is 0 Å². The molecule has 0 bridgehead atoms. The number of ketones is 5. The van der Waals surface area contributed by atoms with Gasteiger partial charge in [0, 0.05) is 37.5 Å². The number of hydrogen-bond acceptors (Lipinski definition) is 8. The van der Waals surface area contributed by atoms with Gasteiger partial charge in [-0.1, -0.05) is 25.1 Å². The Kier molecular flexibility index (Phi) is 5.64. The average molecular weight is 480 g/mol. The van der Waals surface area contributed by atoms with E-state index in [4.69, 9.17) is 0 Å². The molecule has 8 heteroatoms. The van der Waals surface area contributed by atoms with E-state index in [0.29, 0.717) is 30.5 Å². The van der Waals surface area contributed by atoms with Gasteiger partial charge >= 0.3 is 0 Å². The van der Waals surface area contributed by atoms with Crippen LogP contribution >= 0.6 is 0 Å². The molecule has 2 N–H and O–H groups in total. The quantitative estimate of drug-likeness (QED) is 0.489. The van der Waals surface area contributed by atoms with Crippen molar-refractivity contribution in [3.8, 4) is 5.75 Å². The second kappa shape index (κ2) is 8.31. The summed E-state index contributed by atoms with van der Waals surface area (Å²) in [5.74, 6) is -8.51. The molecule has 4 aliphatic rings. The van der Waals surface area contributed by atoms with Crippen LogP contribution in [0.5, 0.6) is 5.75 Å². The average Bonchev–Trinajstić information content (AvgIpc) is 3.31. The third-order valence-electron chi connectivity index (χ3n) is 8.36. The van der Waals surface area contributed by atoms with Crippen LogP contribution in [0, 0.1) is 23.7 Å². The van der Waals surface area contributed by atoms with Crippen LogP contribution in [0.1, 0.15) is 53.7 Å². The predicted molar refractivity (Wildman–Crippen MR) is 124 cm³/mol. The van der Waals surface area contributed by atoms with E-state index >= 15 is 0 Å². The van der Waals surface area contributed by atoms with Crippen molar-refractivity contribution in [3.63, 3.8) is 0 Å². The zero-order valence-corrected chi connectivity index (χ0v) is 19.9. The summed E-state index contributed by atoms with van der Waals surface area (Å²) in [6, 6.07) is 1.92. The maximum absolute atomic E-state index is 13.8. The zero-order chi connectivity index (χ0) is 25.2. The van der Waals surface area contributed by atoms with E-state index in [2.05, 4.69) is 4.90 Å². The van der Waals surface area contributed by atoms with Gasteiger partial charge in [0.05, 0.1) is 11.5 Å². The second-order valence-corrected chi connectivity index (χ2v) is 10.4. The van der Waals surface area contributed by atoms with Crippen molar-refractivity contribution in [2.75, 3.05) is 13.1 Å². The number of aryl methyl sites for hydroxylation is 1. The van der Waals surface area contributed by atoms with E-state index in [9.17, 15) is 34.2 Å². The minimum atomic E-state index is -2.54. The molecule has 5 atom stereocenters. The minimum Gasteiger partial charge on any atom is -0.507 e. The van der Waals surface area contributed by atoms with Crippen molar-refractivity contribution in [3.05, 3.63) is 40.5 Å². The molecule has 8 nitrogen and oxygen atoms in total. The number of benzene rings is 1. The van der Waals surface area contributed by atoms with Crippen LogP contribution in [0.25, 0.3) is 0 Å². The molecule has 1 aromatic carbocycles. The summed E-state index contributed by atoms with van der Waals surface area (Å²) < 4.78 is 0. The van der Waals surface area contributed by atoms with Crippen LogP contribution in [0.4, 0.5) is 0 Å². The molecule has 1 heterocycles. The summed E-state index contributed by atoms with van der Waals surface area (Å²) in [7, 11) is 0. The fourth-order valence-electron chi connectivity index (χ4n) is 6.62. The number of rotatable bonds is 4. The number of aliphatic hydroxyl groups is 1. The fourth-order valence-corrected chi connectivity index (χ4v) is 6.62. The third kappa shape index (κ3) is 3.37. The number of nitrogens with zero attached hydrogens (tertiary/aromatic N) is 1. The number of aromatic hydroxyl groups is 1. The summed E-state index contributed by atoms with van der Waals surface area (Å²) in [5, 5.41) is 22.5. The lowest BCUT2D eigenvalue weighted by atomic mass is 9.53. The fraction of sp³-hybridized carbons (Fsp3) is 0.519. The first kappa shape index (κ1) is 23.8. The number of carbonyl (C=O) groups excluding carboxylic acids is 5. The van der Waals surface area contributed by atoms with Crippen LogP contribution < -0.4 is 0 Å². The molecule has 1 aromatic rings. The molecule has 0 amide bonds. The van der Waals surface area contributed by atoms with Crippen molar-refractivity contribution in [2.45, 2.75) is 51.7 Å². The van der Waals surface area contributed by atoms with Crippen molar-refractivity contribution < 1.29 is 34.2 Å². The normalized spacial score (nSPS) is 32.4. The van der Waals surface area contributed by atoms with Gasteiger partial charge in [-0.25, -0.2) is 0 Å². The topological polar surface area (TPSA) is 129 Å². The number of phenolic OH excluding ortho intramolecular Hbond substituents is 1. The van der Waals surface area contributed by atoms with Gasteiger partial charge in [0.1, 0.15) is 17.5 Å². The lowest BCUT2D eigenvalue weighted by molar-refractivity contribution is -0.175. The van der Waals surface area contributed by atoms with E-state index in [1.54, 1.807) is 0 Å². The first-order valence-electron chi connectivity index (χ1n) is 12.2. The molecule has 0 saturated heterocycles. The molecule has 0 spiro atoms. The first-order chi connectivity index (χ1) is 16.6. The Balaban J connectivity index is 1.57. The molecule has 2 saturated carbocycles. The van der Waals surface area contributed by atoms with Gasteiger partial charge in [0.2, 0.25) is 0 Å². The third-order valence-corrected chi connectivity index (χ3v) is 8.36. The van der Waals surface area contributed by atoms with Gasteiger partial charge in [0.25, 0.3) is 0 Å². The summed E-state index contributed by atoms with van der Waals surface area (Å²) >= 11 is 0. The highest BCUT2D eigenvalue weighted by atomic mass is 16.3. The van der Waals surface area contributed by atoms with Gasteiger partial charge in [-0.05, 0) is 43.2 Å². The van der Waals surface area contributed by atoms with Crippen LogP contribution in [-0.2, 0) is 38.6 Å². The van der Waals surface area contributed by atoms with Crippen LogP contribution in [0.3, 0.4) is 0 Å². The smallest absolute Gasteiger partial charge is 0.190 e. The first-order valence-corrected chi connectivity index (χ1v) is 12.2. The molecule has 5 rings (SSSR count). The van der Waals surface area contributed by atoms with Crippen LogP contribution in [-0.4, -0.2) is 62.7 Å². The Labute approximate surface area is 203 Å². The Morgan fingerprint density at radius 2 is 1.77 bits per heavy atom. The molecule has 184 valence electrons. The van der Waals surface area contributed by atoms with E-state index in [1.165, 1.54) is 0 Å². The summed E-state index contributed by atoms with van der Waals surface area (Å²) in [5.41, 5.74) is -0.210. The van der Waals surface area contributed by atoms with Gasteiger partial charge in [-0.2, -0.15) is 0 Å². The van der Waals surface area contributed by atoms with Gasteiger partial charge in [-0.3, -0.25) is 28.9 Å². The summed E-state index contributed by atoms with van der Waals surface area (Å²) in [6.07, 6.45) is 4.93. The second-order valence-electron chi connectivity index (χ2n) is 10.4. The molecular weight excluding hydrogens is 450 g/mol. The highest BCUT2D eigenvalue weighted by Crippen LogP contribution is 2.50. The Morgan fingerprint density at radius 3 is 2.40 bits per heavy atom. The number of hydrogen-bond donors (Lipinski definition) is 2. The molecule has 0 aromatic heterocycles. The van der Waals surface area contributed by atoms with Crippen LogP contribution in [0.15, 0.2) is 18.2 Å². The van der Waals surface area contributed by atoms with Crippen molar-refractivity contribution in [1.29, 1.82) is 0 Å². The largest absolute Gasteiger partial charge is 0.507 e. The number of carbonyl (C=O) groups is 5. The van der Waals surface area contributed by atoms with E-state index in [-0.39, 0.29) is 24.2 Å². The van der Waals surface area contributed by atoms with Gasteiger partial charge in [-0.15, -0.1) is 0 Å². The Morgan fingerprint density at radius 1 is 1.09 bits per heavy atom. The molecule has 35 heavy (non-hydrogen) atoms. The zero-order valence-electron chi connectivity index (χ0n) is 19.9. The lowest BCUT2D eigenvalue weighted by Gasteiger charge is -2.48. The van der Waals surface area contributed by atoms with Gasteiger partial charge in [0.15, 0.2) is 28.7 Å². The summed E-state index contributed by atoms with van der Waals surface area (Å²) in [6.45, 7) is 4.98. The van der Waals surface area contributed by atoms with Crippen molar-refractivity contribution in [2.24, 2.45) is 23.7 Å². The molecule has 2 unspecified atom stereocenters. The maximum Gasteiger partial charge on any atom is 0.190 e. The number of phenols is 1. The maximum atomic E-state index is 13.8. The molecular formula is C27H29NO7. The number of fused-ring (bicyclic) bond motifs is 3. The monoisotopic (exact) mass is 479 g/mol. The SMILES string of the molecule is CCc1cc(CN2CC=CC2)c(O)c2c1C[C@H]1C[C@H]3CC(=O)C(C(C)=O)C(=O)[C@@]3(O)C(=O)C1C2=O. The van der Waals surface area contributed by atoms with E-state index < -0.39 is 58.2 Å². The Hall–Kier alpha value is -2.97. The van der Waals surface area contributed by atoms with Crippen molar-refractivity contribution in [1.82, 2.24) is 4.90 Å². The van der Waals surface area contributed by atoms with E-state index in [1.807, 2.05) is 25.1 Å². The highest BCUT2D eigenvalue weighted by molar-refractivity contribution is 6.31. The van der Waals surface area contributed by atoms with E-state index in [0.717, 1.165) is 25.6 Å². The highest BCUT2D eigenvalue weighted by Gasteiger charge is 2.65. The number of Topliss-reactive ketones (excluding diaryl/α,β-unsaturated/α-hetero) is 5. The predicted octanol–water partition coefficient (Wildman–Crippen LogP) is 1.36. The minimum absolute atomic E-state index is 0.102. The molecule has 1 aliphatic heterocycles. The van der Waals surface area contributed by atoms with Gasteiger partial charge < -0.3 is 10.2 Å². The lowest BCUT2D eigenvalue weighted by Crippen LogP contribution is -2.67.